The third-order valence-electron chi connectivity index (χ3n) is 6.20. The van der Waals surface area contributed by atoms with Crippen LogP contribution in [0.3, 0.4) is 0 Å². The molecule has 0 aromatic carbocycles. The van der Waals surface area contributed by atoms with Crippen LogP contribution in [0.15, 0.2) is 0 Å². The predicted octanol–water partition coefficient (Wildman–Crippen LogP) is 2.51. The molecule has 2 bridgehead atoms. The van der Waals surface area contributed by atoms with Crippen LogP contribution in [0.4, 0.5) is 4.79 Å². The van der Waals surface area contributed by atoms with Crippen LogP contribution < -0.4 is 10.6 Å². The molecule has 0 aromatic heterocycles. The maximum atomic E-state index is 12.0. The molecule has 5 heteroatoms. The molecule has 3 unspecified atom stereocenters. The number of carbonyl (C=O) groups is 2. The monoisotopic (exact) mass is 321 g/mol. The molecule has 0 radical (unpaired) electrons. The fourth-order valence-electron chi connectivity index (χ4n) is 4.90. The lowest BCUT2D eigenvalue weighted by Crippen LogP contribution is -2.49. The van der Waals surface area contributed by atoms with E-state index >= 15 is 0 Å². The first-order chi connectivity index (χ1) is 11.1. The molecule has 3 aliphatic rings. The maximum absolute atomic E-state index is 12.0. The zero-order valence-electron chi connectivity index (χ0n) is 14.4. The van der Waals surface area contributed by atoms with Crippen LogP contribution >= 0.6 is 0 Å². The van der Waals surface area contributed by atoms with Crippen molar-refractivity contribution in [3.05, 3.63) is 0 Å². The Morgan fingerprint density at radius 2 is 1.87 bits per heavy atom. The van der Waals surface area contributed by atoms with Crippen molar-refractivity contribution in [2.45, 2.75) is 64.3 Å². The molecule has 1 heterocycles. The van der Waals surface area contributed by atoms with Gasteiger partial charge in [-0.3, -0.25) is 4.79 Å². The Morgan fingerprint density at radius 1 is 1.09 bits per heavy atom. The average molecular weight is 321 g/mol. The van der Waals surface area contributed by atoms with E-state index in [0.717, 1.165) is 56.7 Å². The van der Waals surface area contributed by atoms with Crippen molar-refractivity contribution in [2.75, 3.05) is 19.6 Å². The van der Waals surface area contributed by atoms with Crippen LogP contribution in [0, 0.1) is 17.8 Å². The number of amides is 3. The summed E-state index contributed by atoms with van der Waals surface area (Å²) in [4.78, 5) is 25.2. The summed E-state index contributed by atoms with van der Waals surface area (Å²) in [5, 5.41) is 6.10. The first kappa shape index (κ1) is 16.6. The molecule has 130 valence electrons. The van der Waals surface area contributed by atoms with Gasteiger partial charge >= 0.3 is 6.03 Å². The van der Waals surface area contributed by atoms with Crippen molar-refractivity contribution in [3.63, 3.8) is 0 Å². The molecule has 2 N–H and O–H groups in total. The second-order valence-electron chi connectivity index (χ2n) is 7.76. The van der Waals surface area contributed by atoms with Gasteiger partial charge < -0.3 is 15.5 Å². The van der Waals surface area contributed by atoms with Gasteiger partial charge in [0.25, 0.3) is 0 Å². The summed E-state index contributed by atoms with van der Waals surface area (Å²) in [6, 6.07) is 0.170. The Morgan fingerprint density at radius 3 is 2.57 bits per heavy atom. The molecule has 3 rings (SSSR count). The molecule has 3 atom stereocenters. The van der Waals surface area contributed by atoms with E-state index in [0.29, 0.717) is 0 Å². The van der Waals surface area contributed by atoms with Gasteiger partial charge in [-0.1, -0.05) is 19.3 Å². The van der Waals surface area contributed by atoms with Crippen LogP contribution in [0.1, 0.15) is 58.3 Å². The summed E-state index contributed by atoms with van der Waals surface area (Å²) < 4.78 is 0. The minimum absolute atomic E-state index is 0.0350. The number of piperidine rings is 1. The molecular weight excluding hydrogens is 290 g/mol. The Labute approximate surface area is 139 Å². The second kappa shape index (κ2) is 7.54. The van der Waals surface area contributed by atoms with E-state index in [4.69, 9.17) is 0 Å². The predicted molar refractivity (Wildman–Crippen MR) is 90.0 cm³/mol. The van der Waals surface area contributed by atoms with E-state index in [9.17, 15) is 9.59 Å². The van der Waals surface area contributed by atoms with E-state index < -0.39 is 0 Å². The van der Waals surface area contributed by atoms with Crippen LogP contribution in [-0.2, 0) is 4.79 Å². The Kier molecular flexibility index (Phi) is 5.44. The third kappa shape index (κ3) is 4.39. The number of rotatable bonds is 4. The molecule has 1 saturated heterocycles. The summed E-state index contributed by atoms with van der Waals surface area (Å²) in [6.07, 6.45) is 9.93. The van der Waals surface area contributed by atoms with Crippen molar-refractivity contribution in [1.29, 1.82) is 0 Å². The Bertz CT molecular complexity index is 432. The van der Waals surface area contributed by atoms with E-state index in [1.165, 1.54) is 32.1 Å². The highest BCUT2D eigenvalue weighted by Crippen LogP contribution is 2.46. The SMILES string of the molecule is CC(=O)N1CCC(NC(=O)NCCC2CC3CCCC2C3)CC1. The molecule has 3 amide bonds. The number of fused-ring (bicyclic) bond motifs is 2. The molecule has 0 spiro atoms. The molecule has 3 fully saturated rings. The number of urea groups is 1. The van der Waals surface area contributed by atoms with Gasteiger partial charge in [-0.25, -0.2) is 4.79 Å². The zero-order chi connectivity index (χ0) is 16.2. The first-order valence-electron chi connectivity index (χ1n) is 9.41. The lowest BCUT2D eigenvalue weighted by atomic mass is 9.86. The maximum Gasteiger partial charge on any atom is 0.315 e. The normalized spacial score (nSPS) is 31.0. The van der Waals surface area contributed by atoms with E-state index in [1.54, 1.807) is 6.92 Å². The van der Waals surface area contributed by atoms with Crippen LogP contribution in [0.2, 0.25) is 0 Å². The summed E-state index contributed by atoms with van der Waals surface area (Å²) in [5.74, 6) is 2.87. The highest BCUT2D eigenvalue weighted by Gasteiger charge is 2.36. The van der Waals surface area contributed by atoms with Crippen molar-refractivity contribution in [2.24, 2.45) is 17.8 Å². The van der Waals surface area contributed by atoms with Crippen molar-refractivity contribution >= 4 is 11.9 Å². The van der Waals surface area contributed by atoms with Gasteiger partial charge in [-0.15, -0.1) is 0 Å². The van der Waals surface area contributed by atoms with E-state index in [2.05, 4.69) is 10.6 Å². The highest BCUT2D eigenvalue weighted by atomic mass is 16.2. The van der Waals surface area contributed by atoms with Gasteiger partial charge in [0.2, 0.25) is 5.91 Å². The molecule has 23 heavy (non-hydrogen) atoms. The number of nitrogens with zero attached hydrogens (tertiary/aromatic N) is 1. The highest BCUT2D eigenvalue weighted by molar-refractivity contribution is 5.74. The molecule has 2 aliphatic carbocycles. The summed E-state index contributed by atoms with van der Waals surface area (Å²) in [5.41, 5.74) is 0. The van der Waals surface area contributed by atoms with Crippen LogP contribution in [-0.4, -0.2) is 42.5 Å². The number of hydrogen-bond acceptors (Lipinski definition) is 2. The number of carbonyl (C=O) groups excluding carboxylic acids is 2. The number of likely N-dealkylation sites (tertiary alicyclic amines) is 1. The summed E-state index contributed by atoms with van der Waals surface area (Å²) in [6.45, 7) is 3.92. The van der Waals surface area contributed by atoms with E-state index in [-0.39, 0.29) is 18.0 Å². The van der Waals surface area contributed by atoms with Gasteiger partial charge in [-0.05, 0) is 49.9 Å². The van der Waals surface area contributed by atoms with Crippen LogP contribution in [0.25, 0.3) is 0 Å². The largest absolute Gasteiger partial charge is 0.343 e. The summed E-state index contributed by atoms with van der Waals surface area (Å²) >= 11 is 0. The lowest BCUT2D eigenvalue weighted by molar-refractivity contribution is -0.129. The smallest absolute Gasteiger partial charge is 0.315 e. The molecular formula is C18H31N3O2. The van der Waals surface area contributed by atoms with Gasteiger partial charge in [0.05, 0.1) is 0 Å². The standard InChI is InChI=1S/C18H31N3O2/c1-13(22)21-9-6-17(7-10-21)20-18(23)19-8-5-16-12-14-3-2-4-15(16)11-14/h14-17H,2-12H2,1H3,(H2,19,20,23). The van der Waals surface area contributed by atoms with Gasteiger partial charge in [0.15, 0.2) is 0 Å². The fourth-order valence-corrected chi connectivity index (χ4v) is 4.90. The van der Waals surface area contributed by atoms with Crippen LogP contribution in [0.5, 0.6) is 0 Å². The van der Waals surface area contributed by atoms with Gasteiger partial charge in [-0.2, -0.15) is 0 Å². The second-order valence-corrected chi connectivity index (χ2v) is 7.76. The van der Waals surface area contributed by atoms with Crippen molar-refractivity contribution < 1.29 is 9.59 Å². The molecule has 5 nitrogen and oxygen atoms in total. The lowest BCUT2D eigenvalue weighted by Gasteiger charge is -2.31. The number of hydrogen-bond donors (Lipinski definition) is 2. The molecule has 0 aromatic rings. The first-order valence-corrected chi connectivity index (χ1v) is 9.41. The van der Waals surface area contributed by atoms with Gasteiger partial charge in [0, 0.05) is 32.6 Å². The van der Waals surface area contributed by atoms with E-state index in [1.807, 2.05) is 4.90 Å². The average Bonchev–Trinajstić information content (AvgIpc) is 2.81. The minimum Gasteiger partial charge on any atom is -0.343 e. The minimum atomic E-state index is -0.0350. The van der Waals surface area contributed by atoms with Crippen molar-refractivity contribution in [1.82, 2.24) is 15.5 Å². The topological polar surface area (TPSA) is 61.4 Å². The molecule has 2 saturated carbocycles. The third-order valence-corrected chi connectivity index (χ3v) is 6.20. The fraction of sp³-hybridized carbons (Fsp3) is 0.889. The Balaban J connectivity index is 1.30. The molecule has 1 aliphatic heterocycles. The number of nitrogens with one attached hydrogen (secondary N) is 2. The summed E-state index contributed by atoms with van der Waals surface area (Å²) in [7, 11) is 0. The quantitative estimate of drug-likeness (QED) is 0.836. The Hall–Kier alpha value is -1.26. The van der Waals surface area contributed by atoms with Crippen molar-refractivity contribution in [3.8, 4) is 0 Å². The van der Waals surface area contributed by atoms with Gasteiger partial charge in [0.1, 0.15) is 0 Å². The zero-order valence-corrected chi connectivity index (χ0v) is 14.4.